The number of pyridine rings is 1. The Labute approximate surface area is 141 Å². The molecule has 0 atom stereocenters. The normalized spacial score (nSPS) is 11.1. The number of hydrogen-bond acceptors (Lipinski definition) is 7. The molecule has 24 heavy (non-hydrogen) atoms. The highest BCUT2D eigenvalue weighted by atomic mass is 32.1. The molecule has 3 aromatic heterocycles. The summed E-state index contributed by atoms with van der Waals surface area (Å²) in [5, 5.41) is 12.6. The molecule has 0 aliphatic carbocycles. The Morgan fingerprint density at radius 3 is 2.79 bits per heavy atom. The van der Waals surface area contributed by atoms with Gasteiger partial charge in [-0.3, -0.25) is 5.10 Å². The number of benzene rings is 1. The van der Waals surface area contributed by atoms with Gasteiger partial charge in [-0.15, -0.1) is 0 Å². The van der Waals surface area contributed by atoms with Crippen LogP contribution in [-0.4, -0.2) is 33.8 Å². The molecule has 0 aliphatic rings. The number of nitrogens with zero attached hydrogens (tertiary/aromatic N) is 3. The van der Waals surface area contributed by atoms with Gasteiger partial charge in [0.1, 0.15) is 10.3 Å². The second-order valence-electron chi connectivity index (χ2n) is 5.26. The highest BCUT2D eigenvalue weighted by Crippen LogP contribution is 2.35. The van der Waals surface area contributed by atoms with Crippen LogP contribution in [0.2, 0.25) is 0 Å². The maximum Gasteiger partial charge on any atom is 0.162 e. The van der Waals surface area contributed by atoms with E-state index in [4.69, 9.17) is 14.5 Å². The van der Waals surface area contributed by atoms with E-state index in [9.17, 15) is 0 Å². The SMILES string of the molecule is COc1ccc(Nc2nc3snc(C)c3c3cn[nH]c23)cc1OC. The summed E-state index contributed by atoms with van der Waals surface area (Å²) in [6.45, 7) is 1.98. The first-order valence-corrected chi connectivity index (χ1v) is 8.06. The van der Waals surface area contributed by atoms with Gasteiger partial charge in [0.15, 0.2) is 17.3 Å². The first kappa shape index (κ1) is 14.7. The topological polar surface area (TPSA) is 85.0 Å². The fourth-order valence-corrected chi connectivity index (χ4v) is 3.49. The van der Waals surface area contributed by atoms with E-state index < -0.39 is 0 Å². The lowest BCUT2D eigenvalue weighted by molar-refractivity contribution is 0.355. The van der Waals surface area contributed by atoms with Crippen LogP contribution >= 0.6 is 11.5 Å². The number of ether oxygens (including phenoxy) is 2. The molecule has 2 N–H and O–H groups in total. The third kappa shape index (κ3) is 2.23. The predicted molar refractivity (Wildman–Crippen MR) is 94.6 cm³/mol. The van der Waals surface area contributed by atoms with Crippen LogP contribution < -0.4 is 14.8 Å². The molecule has 122 valence electrons. The zero-order valence-corrected chi connectivity index (χ0v) is 14.2. The quantitative estimate of drug-likeness (QED) is 0.589. The van der Waals surface area contributed by atoms with Crippen molar-refractivity contribution in [3.8, 4) is 11.5 Å². The summed E-state index contributed by atoms with van der Waals surface area (Å²) >= 11 is 1.38. The zero-order valence-electron chi connectivity index (χ0n) is 13.4. The molecule has 7 nitrogen and oxygen atoms in total. The van der Waals surface area contributed by atoms with E-state index in [1.54, 1.807) is 20.4 Å². The Morgan fingerprint density at radius 2 is 2.00 bits per heavy atom. The van der Waals surface area contributed by atoms with Crippen LogP contribution in [-0.2, 0) is 0 Å². The van der Waals surface area contributed by atoms with E-state index >= 15 is 0 Å². The van der Waals surface area contributed by atoms with Crippen LogP contribution in [0.5, 0.6) is 11.5 Å². The van der Waals surface area contributed by atoms with E-state index in [0.29, 0.717) is 17.3 Å². The van der Waals surface area contributed by atoms with Crippen molar-refractivity contribution in [2.24, 2.45) is 0 Å². The van der Waals surface area contributed by atoms with Gasteiger partial charge in [0, 0.05) is 22.5 Å². The average molecular weight is 341 g/mol. The van der Waals surface area contributed by atoms with Crippen molar-refractivity contribution >= 4 is 44.2 Å². The second kappa shape index (κ2) is 5.64. The number of aromatic nitrogens is 4. The molecule has 0 amide bonds. The molecular formula is C16H15N5O2S. The molecule has 0 spiro atoms. The van der Waals surface area contributed by atoms with Crippen LogP contribution in [0, 0.1) is 6.92 Å². The molecule has 3 heterocycles. The van der Waals surface area contributed by atoms with E-state index in [0.717, 1.165) is 32.5 Å². The minimum absolute atomic E-state index is 0.651. The highest BCUT2D eigenvalue weighted by Gasteiger charge is 2.15. The fraction of sp³-hybridized carbons (Fsp3) is 0.188. The third-order valence-electron chi connectivity index (χ3n) is 3.85. The minimum atomic E-state index is 0.651. The lowest BCUT2D eigenvalue weighted by Gasteiger charge is -2.11. The van der Waals surface area contributed by atoms with E-state index in [-0.39, 0.29) is 0 Å². The van der Waals surface area contributed by atoms with Crippen LogP contribution in [0.4, 0.5) is 11.5 Å². The molecule has 8 heteroatoms. The smallest absolute Gasteiger partial charge is 0.162 e. The molecule has 0 saturated heterocycles. The van der Waals surface area contributed by atoms with Gasteiger partial charge in [-0.25, -0.2) is 4.98 Å². The summed E-state index contributed by atoms with van der Waals surface area (Å²) < 4.78 is 15.0. The number of hydrogen-bond donors (Lipinski definition) is 2. The monoisotopic (exact) mass is 341 g/mol. The number of aryl methyl sites for hydroxylation is 1. The summed E-state index contributed by atoms with van der Waals surface area (Å²) in [6.07, 6.45) is 1.81. The maximum absolute atomic E-state index is 5.35. The molecule has 0 fully saturated rings. The van der Waals surface area contributed by atoms with Gasteiger partial charge in [-0.05, 0) is 30.6 Å². The van der Waals surface area contributed by atoms with Gasteiger partial charge in [-0.2, -0.15) is 9.47 Å². The lowest BCUT2D eigenvalue weighted by Crippen LogP contribution is -1.97. The summed E-state index contributed by atoms with van der Waals surface area (Å²) in [4.78, 5) is 5.57. The van der Waals surface area contributed by atoms with Crippen LogP contribution in [0.15, 0.2) is 24.4 Å². The van der Waals surface area contributed by atoms with Gasteiger partial charge >= 0.3 is 0 Å². The van der Waals surface area contributed by atoms with Crippen LogP contribution in [0.3, 0.4) is 0 Å². The number of methoxy groups -OCH3 is 2. The molecule has 0 radical (unpaired) electrons. The second-order valence-corrected chi connectivity index (χ2v) is 6.01. The predicted octanol–water partition coefficient (Wildman–Crippen LogP) is 3.64. The number of rotatable bonds is 4. The summed E-state index contributed by atoms with van der Waals surface area (Å²) in [5.74, 6) is 2.03. The Balaban J connectivity index is 1.83. The van der Waals surface area contributed by atoms with Crippen molar-refractivity contribution < 1.29 is 9.47 Å². The number of anilines is 2. The zero-order chi connectivity index (χ0) is 16.7. The third-order valence-corrected chi connectivity index (χ3v) is 4.68. The average Bonchev–Trinajstić information content (AvgIpc) is 3.21. The van der Waals surface area contributed by atoms with Crippen molar-refractivity contribution in [1.29, 1.82) is 0 Å². The van der Waals surface area contributed by atoms with Gasteiger partial charge in [-0.1, -0.05) is 0 Å². The molecule has 0 bridgehead atoms. The largest absolute Gasteiger partial charge is 0.493 e. The number of H-pyrrole nitrogens is 1. The molecule has 1 aromatic carbocycles. The standard InChI is InChI=1S/C16H15N5O2S/c1-8-13-10-7-17-20-14(10)15(19-16(13)24-21-8)18-9-4-5-11(22-2)12(6-9)23-3/h4-7H,1-3H3,(H,17,20)(H,18,19). The Hall–Kier alpha value is -2.87. The highest BCUT2D eigenvalue weighted by molar-refractivity contribution is 7.13. The van der Waals surface area contributed by atoms with Crippen molar-refractivity contribution in [3.05, 3.63) is 30.1 Å². The first-order chi connectivity index (χ1) is 11.7. The van der Waals surface area contributed by atoms with Gasteiger partial charge in [0.2, 0.25) is 0 Å². The Kier molecular flexibility index (Phi) is 3.46. The molecule has 4 rings (SSSR count). The molecule has 0 saturated carbocycles. The van der Waals surface area contributed by atoms with Gasteiger partial charge < -0.3 is 14.8 Å². The minimum Gasteiger partial charge on any atom is -0.493 e. The Bertz CT molecular complexity index is 1040. The number of nitrogens with one attached hydrogen (secondary N) is 2. The first-order valence-electron chi connectivity index (χ1n) is 7.29. The Morgan fingerprint density at radius 1 is 1.17 bits per heavy atom. The number of aromatic amines is 1. The molecule has 0 aliphatic heterocycles. The van der Waals surface area contributed by atoms with E-state index in [2.05, 4.69) is 19.9 Å². The molecule has 4 aromatic rings. The summed E-state index contributed by atoms with van der Waals surface area (Å²) in [6, 6.07) is 5.62. The number of fused-ring (bicyclic) bond motifs is 3. The van der Waals surface area contributed by atoms with Crippen molar-refractivity contribution in [3.63, 3.8) is 0 Å². The maximum atomic E-state index is 5.35. The lowest BCUT2D eigenvalue weighted by atomic mass is 10.2. The van der Waals surface area contributed by atoms with E-state index in [1.807, 2.05) is 25.1 Å². The molecular weight excluding hydrogens is 326 g/mol. The van der Waals surface area contributed by atoms with Crippen molar-refractivity contribution in [2.75, 3.05) is 19.5 Å². The van der Waals surface area contributed by atoms with Gasteiger partial charge in [0.05, 0.1) is 26.1 Å². The summed E-state index contributed by atoms with van der Waals surface area (Å²) in [5.41, 5.74) is 2.66. The van der Waals surface area contributed by atoms with Crippen molar-refractivity contribution in [1.82, 2.24) is 19.6 Å². The van der Waals surface area contributed by atoms with Crippen LogP contribution in [0.25, 0.3) is 21.1 Å². The molecule has 0 unspecified atom stereocenters. The van der Waals surface area contributed by atoms with Gasteiger partial charge in [0.25, 0.3) is 0 Å². The van der Waals surface area contributed by atoms with Crippen molar-refractivity contribution in [2.45, 2.75) is 6.92 Å². The van der Waals surface area contributed by atoms with E-state index in [1.165, 1.54) is 11.5 Å². The van der Waals surface area contributed by atoms with Crippen LogP contribution in [0.1, 0.15) is 5.69 Å². The fourth-order valence-electron chi connectivity index (χ4n) is 2.70. The summed E-state index contributed by atoms with van der Waals surface area (Å²) in [7, 11) is 3.22.